The van der Waals surface area contributed by atoms with Crippen molar-refractivity contribution in [2.45, 2.75) is 26.4 Å². The van der Waals surface area contributed by atoms with Gasteiger partial charge in [0.2, 0.25) is 0 Å². The maximum absolute atomic E-state index is 9.52. The molecule has 0 spiro atoms. The fourth-order valence-electron chi connectivity index (χ4n) is 1.70. The molecule has 0 aromatic heterocycles. The highest BCUT2D eigenvalue weighted by molar-refractivity contribution is 9.10. The highest BCUT2D eigenvalue weighted by Crippen LogP contribution is 2.29. The molecule has 0 amide bonds. The van der Waals surface area contributed by atoms with E-state index in [1.54, 1.807) is 6.92 Å². The molecule has 0 heterocycles. The van der Waals surface area contributed by atoms with Crippen LogP contribution in [0.5, 0.6) is 0 Å². The van der Waals surface area contributed by atoms with Crippen molar-refractivity contribution in [2.75, 3.05) is 18.0 Å². The van der Waals surface area contributed by atoms with Gasteiger partial charge >= 0.3 is 0 Å². The molecule has 0 saturated carbocycles. The summed E-state index contributed by atoms with van der Waals surface area (Å²) in [6.45, 7) is 5.41. The predicted molar refractivity (Wildman–Crippen MR) is 76.1 cm³/mol. The van der Waals surface area contributed by atoms with Crippen LogP contribution < -0.4 is 4.90 Å². The van der Waals surface area contributed by atoms with E-state index in [1.807, 2.05) is 18.2 Å². The van der Waals surface area contributed by atoms with Crippen molar-refractivity contribution in [3.05, 3.63) is 28.2 Å². The van der Waals surface area contributed by atoms with Gasteiger partial charge in [0.25, 0.3) is 0 Å². The summed E-state index contributed by atoms with van der Waals surface area (Å²) < 4.78 is 0.972. The smallest absolute Gasteiger partial charge is 0.0792 e. The van der Waals surface area contributed by atoms with Gasteiger partial charge in [-0.15, -0.1) is 6.42 Å². The van der Waals surface area contributed by atoms with Crippen LogP contribution in [0.15, 0.2) is 22.7 Å². The van der Waals surface area contributed by atoms with Crippen molar-refractivity contribution in [2.24, 2.45) is 0 Å². The molecule has 92 valence electrons. The SMILES string of the molecule is C#CCN(CCC)c1ccc([C@@H](C)O)cc1Br. The van der Waals surface area contributed by atoms with Crippen LogP contribution in [-0.2, 0) is 0 Å². The van der Waals surface area contributed by atoms with E-state index in [9.17, 15) is 5.11 Å². The first-order chi connectivity index (χ1) is 8.10. The summed E-state index contributed by atoms with van der Waals surface area (Å²) in [4.78, 5) is 2.15. The predicted octanol–water partition coefficient (Wildman–Crippen LogP) is 3.35. The largest absolute Gasteiger partial charge is 0.389 e. The normalized spacial score (nSPS) is 11.9. The zero-order chi connectivity index (χ0) is 12.8. The number of anilines is 1. The van der Waals surface area contributed by atoms with Gasteiger partial charge in [-0.3, -0.25) is 0 Å². The van der Waals surface area contributed by atoms with E-state index in [-0.39, 0.29) is 0 Å². The highest BCUT2D eigenvalue weighted by atomic mass is 79.9. The topological polar surface area (TPSA) is 23.5 Å². The number of hydrogen-bond donors (Lipinski definition) is 1. The lowest BCUT2D eigenvalue weighted by molar-refractivity contribution is 0.199. The molecular weight excluding hydrogens is 278 g/mol. The Morgan fingerprint density at radius 1 is 1.53 bits per heavy atom. The Hall–Kier alpha value is -0.980. The summed E-state index contributed by atoms with van der Waals surface area (Å²) >= 11 is 3.53. The lowest BCUT2D eigenvalue weighted by atomic mass is 10.1. The van der Waals surface area contributed by atoms with Crippen molar-refractivity contribution in [3.63, 3.8) is 0 Å². The molecule has 1 rings (SSSR count). The van der Waals surface area contributed by atoms with Gasteiger partial charge in [0.05, 0.1) is 18.3 Å². The molecule has 1 N–H and O–H groups in total. The van der Waals surface area contributed by atoms with Gasteiger partial charge in [0.1, 0.15) is 0 Å². The average Bonchev–Trinajstić information content (AvgIpc) is 2.28. The Bertz CT molecular complexity index is 409. The Balaban J connectivity index is 3.00. The molecule has 0 radical (unpaired) electrons. The molecule has 0 bridgehead atoms. The summed E-state index contributed by atoms with van der Waals surface area (Å²) in [6.07, 6.45) is 5.97. The van der Waals surface area contributed by atoms with Crippen molar-refractivity contribution in [3.8, 4) is 12.3 Å². The second kappa shape index (κ2) is 6.68. The molecule has 1 aromatic rings. The third-order valence-corrected chi connectivity index (χ3v) is 3.21. The van der Waals surface area contributed by atoms with E-state index < -0.39 is 6.10 Å². The molecule has 1 atom stereocenters. The van der Waals surface area contributed by atoms with Crippen LogP contribution in [0, 0.1) is 12.3 Å². The summed E-state index contributed by atoms with van der Waals surface area (Å²) in [5, 5.41) is 9.52. The van der Waals surface area contributed by atoms with Gasteiger partial charge in [-0.2, -0.15) is 0 Å². The number of halogens is 1. The third-order valence-electron chi connectivity index (χ3n) is 2.57. The minimum absolute atomic E-state index is 0.451. The molecule has 0 saturated heterocycles. The summed E-state index contributed by atoms with van der Waals surface area (Å²) in [5.41, 5.74) is 1.98. The van der Waals surface area contributed by atoms with E-state index in [0.717, 1.165) is 28.7 Å². The first kappa shape index (κ1) is 14.1. The number of nitrogens with zero attached hydrogens (tertiary/aromatic N) is 1. The van der Waals surface area contributed by atoms with E-state index in [2.05, 4.69) is 33.7 Å². The molecule has 0 fully saturated rings. The van der Waals surface area contributed by atoms with Gasteiger partial charge in [0, 0.05) is 11.0 Å². The number of aliphatic hydroxyl groups is 1. The Morgan fingerprint density at radius 2 is 2.24 bits per heavy atom. The van der Waals surface area contributed by atoms with E-state index in [0.29, 0.717) is 6.54 Å². The average molecular weight is 296 g/mol. The van der Waals surface area contributed by atoms with Crippen LogP contribution in [0.25, 0.3) is 0 Å². The number of benzene rings is 1. The van der Waals surface area contributed by atoms with Crippen LogP contribution in [0.4, 0.5) is 5.69 Å². The first-order valence-corrected chi connectivity index (χ1v) is 6.55. The number of aliphatic hydroxyl groups excluding tert-OH is 1. The van der Waals surface area contributed by atoms with E-state index in [4.69, 9.17) is 6.42 Å². The second-order valence-corrected chi connectivity index (χ2v) is 4.87. The van der Waals surface area contributed by atoms with Crippen LogP contribution >= 0.6 is 15.9 Å². The zero-order valence-corrected chi connectivity index (χ0v) is 11.9. The quantitative estimate of drug-likeness (QED) is 0.842. The fraction of sp³-hybridized carbons (Fsp3) is 0.429. The molecular formula is C14H18BrNO. The van der Waals surface area contributed by atoms with Crippen LogP contribution in [0.3, 0.4) is 0 Å². The van der Waals surface area contributed by atoms with E-state index in [1.165, 1.54) is 0 Å². The molecule has 1 aromatic carbocycles. The summed E-state index contributed by atoms with van der Waals surface area (Å²) in [6, 6.07) is 5.88. The third kappa shape index (κ3) is 3.76. The van der Waals surface area contributed by atoms with Gasteiger partial charge in [-0.05, 0) is 47.0 Å². The maximum atomic E-state index is 9.52. The van der Waals surface area contributed by atoms with Crippen LogP contribution in [0.2, 0.25) is 0 Å². The van der Waals surface area contributed by atoms with Gasteiger partial charge in [-0.1, -0.05) is 18.9 Å². The second-order valence-electron chi connectivity index (χ2n) is 4.01. The number of hydrogen-bond acceptors (Lipinski definition) is 2. The van der Waals surface area contributed by atoms with Crippen molar-refractivity contribution in [1.82, 2.24) is 0 Å². The Kier molecular flexibility index (Phi) is 5.54. The summed E-state index contributed by atoms with van der Waals surface area (Å²) in [5.74, 6) is 2.67. The van der Waals surface area contributed by atoms with Crippen LogP contribution in [-0.4, -0.2) is 18.2 Å². The number of terminal acetylenes is 1. The molecule has 3 heteroatoms. The molecule has 0 unspecified atom stereocenters. The maximum Gasteiger partial charge on any atom is 0.0792 e. The molecule has 2 nitrogen and oxygen atoms in total. The lowest BCUT2D eigenvalue weighted by Gasteiger charge is -2.23. The molecule has 0 aliphatic carbocycles. The summed E-state index contributed by atoms with van der Waals surface area (Å²) in [7, 11) is 0. The van der Waals surface area contributed by atoms with Crippen LogP contribution in [0.1, 0.15) is 31.9 Å². The Labute approximate surface area is 112 Å². The monoisotopic (exact) mass is 295 g/mol. The number of rotatable bonds is 5. The molecule has 0 aliphatic heterocycles. The van der Waals surface area contributed by atoms with Crippen molar-refractivity contribution in [1.29, 1.82) is 0 Å². The zero-order valence-electron chi connectivity index (χ0n) is 10.3. The Morgan fingerprint density at radius 3 is 2.71 bits per heavy atom. The van der Waals surface area contributed by atoms with E-state index >= 15 is 0 Å². The van der Waals surface area contributed by atoms with Crippen molar-refractivity contribution >= 4 is 21.6 Å². The van der Waals surface area contributed by atoms with Gasteiger partial charge in [-0.25, -0.2) is 0 Å². The minimum atomic E-state index is -0.451. The standard InChI is InChI=1S/C14H18BrNO/c1-4-8-16(9-5-2)14-7-6-12(11(3)17)10-13(14)15/h1,6-7,10-11,17H,5,8-9H2,2-3H3/t11-/m1/s1. The fourth-order valence-corrected chi connectivity index (χ4v) is 2.35. The first-order valence-electron chi connectivity index (χ1n) is 5.76. The lowest BCUT2D eigenvalue weighted by Crippen LogP contribution is -2.24. The minimum Gasteiger partial charge on any atom is -0.389 e. The molecule has 0 aliphatic rings. The van der Waals surface area contributed by atoms with Gasteiger partial charge in [0.15, 0.2) is 0 Å². The molecule has 17 heavy (non-hydrogen) atoms. The highest BCUT2D eigenvalue weighted by Gasteiger charge is 2.10. The van der Waals surface area contributed by atoms with Crippen molar-refractivity contribution < 1.29 is 5.11 Å². The van der Waals surface area contributed by atoms with Gasteiger partial charge < -0.3 is 10.0 Å².